The fourth-order valence-electron chi connectivity index (χ4n) is 1.13. The molecule has 0 aliphatic heterocycles. The van der Waals surface area contributed by atoms with Gasteiger partial charge in [-0.1, -0.05) is 18.5 Å². The van der Waals surface area contributed by atoms with Crippen LogP contribution in [0, 0.1) is 0 Å². The standard InChI is InChI=1S/C11H15ClN2O2/c1-2-5-16-7-11(15)14-8-3-4-9(12)10(13)6-8/h3-4,6H,2,5,7,13H2,1H3,(H,14,15). The van der Waals surface area contributed by atoms with Gasteiger partial charge in [0.05, 0.1) is 10.7 Å². The predicted molar refractivity (Wildman–Crippen MR) is 65.6 cm³/mol. The van der Waals surface area contributed by atoms with E-state index in [-0.39, 0.29) is 12.5 Å². The van der Waals surface area contributed by atoms with Gasteiger partial charge in [0.2, 0.25) is 5.91 Å². The zero-order chi connectivity index (χ0) is 12.0. The van der Waals surface area contributed by atoms with Gasteiger partial charge in [0.15, 0.2) is 0 Å². The Kier molecular flexibility index (Phi) is 5.08. The molecule has 0 atom stereocenters. The van der Waals surface area contributed by atoms with Crippen molar-refractivity contribution in [2.45, 2.75) is 13.3 Å². The van der Waals surface area contributed by atoms with E-state index in [9.17, 15) is 4.79 Å². The van der Waals surface area contributed by atoms with Crippen LogP contribution in [0.2, 0.25) is 5.02 Å². The molecule has 0 radical (unpaired) electrons. The van der Waals surface area contributed by atoms with Gasteiger partial charge in [0.1, 0.15) is 6.61 Å². The summed E-state index contributed by atoms with van der Waals surface area (Å²) in [5.74, 6) is -0.199. The monoisotopic (exact) mass is 242 g/mol. The molecule has 88 valence electrons. The first-order valence-electron chi connectivity index (χ1n) is 5.06. The topological polar surface area (TPSA) is 64.3 Å². The molecule has 0 fully saturated rings. The maximum Gasteiger partial charge on any atom is 0.250 e. The molecule has 4 nitrogen and oxygen atoms in total. The number of amides is 1. The first kappa shape index (κ1) is 12.8. The summed E-state index contributed by atoms with van der Waals surface area (Å²) >= 11 is 5.76. The van der Waals surface area contributed by atoms with Crippen LogP contribution in [0.4, 0.5) is 11.4 Å². The third kappa shape index (κ3) is 4.08. The fraction of sp³-hybridized carbons (Fsp3) is 0.364. The van der Waals surface area contributed by atoms with E-state index in [4.69, 9.17) is 22.1 Å². The molecule has 0 saturated carbocycles. The van der Waals surface area contributed by atoms with Crippen LogP contribution in [0.3, 0.4) is 0 Å². The molecule has 0 bridgehead atoms. The van der Waals surface area contributed by atoms with Crippen LogP contribution in [-0.4, -0.2) is 19.1 Å². The van der Waals surface area contributed by atoms with Crippen LogP contribution < -0.4 is 11.1 Å². The number of carbonyl (C=O) groups is 1. The second-order valence-corrected chi connectivity index (χ2v) is 3.74. The lowest BCUT2D eigenvalue weighted by molar-refractivity contribution is -0.120. The van der Waals surface area contributed by atoms with E-state index < -0.39 is 0 Å². The lowest BCUT2D eigenvalue weighted by Crippen LogP contribution is -2.18. The van der Waals surface area contributed by atoms with Crippen LogP contribution in [0.5, 0.6) is 0 Å². The molecule has 0 aromatic heterocycles. The summed E-state index contributed by atoms with van der Waals surface area (Å²) in [6.07, 6.45) is 0.890. The first-order chi connectivity index (χ1) is 7.63. The minimum atomic E-state index is -0.199. The molecule has 0 aliphatic rings. The van der Waals surface area contributed by atoms with Crippen molar-refractivity contribution < 1.29 is 9.53 Å². The Hall–Kier alpha value is -1.26. The van der Waals surface area contributed by atoms with Crippen molar-refractivity contribution in [3.8, 4) is 0 Å². The van der Waals surface area contributed by atoms with E-state index in [2.05, 4.69) is 5.32 Å². The number of hydrogen-bond donors (Lipinski definition) is 2. The van der Waals surface area contributed by atoms with Crippen LogP contribution in [0.15, 0.2) is 18.2 Å². The normalized spacial score (nSPS) is 10.1. The van der Waals surface area contributed by atoms with Gasteiger partial charge >= 0.3 is 0 Å². The second-order valence-electron chi connectivity index (χ2n) is 3.34. The number of carbonyl (C=O) groups excluding carboxylic acids is 1. The van der Waals surface area contributed by atoms with Crippen molar-refractivity contribution in [2.24, 2.45) is 0 Å². The second kappa shape index (κ2) is 6.35. The Morgan fingerprint density at radius 3 is 2.94 bits per heavy atom. The van der Waals surface area contributed by atoms with Gasteiger partial charge in [-0.2, -0.15) is 0 Å². The van der Waals surface area contributed by atoms with Gasteiger partial charge < -0.3 is 15.8 Å². The molecule has 0 aliphatic carbocycles. The van der Waals surface area contributed by atoms with E-state index in [0.29, 0.717) is 23.0 Å². The summed E-state index contributed by atoms with van der Waals surface area (Å²) in [6, 6.07) is 4.94. The minimum Gasteiger partial charge on any atom is -0.397 e. The molecule has 1 rings (SSSR count). The Morgan fingerprint density at radius 1 is 1.56 bits per heavy atom. The molecule has 1 aromatic rings. The van der Waals surface area contributed by atoms with Crippen molar-refractivity contribution in [2.75, 3.05) is 24.3 Å². The van der Waals surface area contributed by atoms with Crippen LogP contribution in [-0.2, 0) is 9.53 Å². The average molecular weight is 243 g/mol. The smallest absolute Gasteiger partial charge is 0.250 e. The van der Waals surface area contributed by atoms with Gasteiger partial charge in [-0.25, -0.2) is 0 Å². The highest BCUT2D eigenvalue weighted by atomic mass is 35.5. The number of ether oxygens (including phenoxy) is 1. The highest BCUT2D eigenvalue weighted by Crippen LogP contribution is 2.22. The number of nitrogens with two attached hydrogens (primary N) is 1. The zero-order valence-electron chi connectivity index (χ0n) is 9.13. The summed E-state index contributed by atoms with van der Waals surface area (Å²) in [4.78, 5) is 11.4. The summed E-state index contributed by atoms with van der Waals surface area (Å²) in [7, 11) is 0. The molecular weight excluding hydrogens is 228 g/mol. The molecule has 1 amide bonds. The molecule has 0 unspecified atom stereocenters. The molecular formula is C11H15ClN2O2. The lowest BCUT2D eigenvalue weighted by atomic mass is 10.3. The number of halogens is 1. The van der Waals surface area contributed by atoms with E-state index in [0.717, 1.165) is 6.42 Å². The highest BCUT2D eigenvalue weighted by molar-refractivity contribution is 6.33. The van der Waals surface area contributed by atoms with Crippen molar-refractivity contribution in [3.63, 3.8) is 0 Å². The van der Waals surface area contributed by atoms with E-state index in [1.54, 1.807) is 18.2 Å². The zero-order valence-corrected chi connectivity index (χ0v) is 9.88. The largest absolute Gasteiger partial charge is 0.397 e. The summed E-state index contributed by atoms with van der Waals surface area (Å²) in [6.45, 7) is 2.62. The van der Waals surface area contributed by atoms with Crippen molar-refractivity contribution in [3.05, 3.63) is 23.2 Å². The van der Waals surface area contributed by atoms with Crippen molar-refractivity contribution in [1.29, 1.82) is 0 Å². The lowest BCUT2D eigenvalue weighted by Gasteiger charge is -2.07. The summed E-state index contributed by atoms with van der Waals surface area (Å²) in [5.41, 5.74) is 6.66. The first-order valence-corrected chi connectivity index (χ1v) is 5.44. The van der Waals surface area contributed by atoms with E-state index in [1.165, 1.54) is 0 Å². The molecule has 0 heterocycles. The molecule has 5 heteroatoms. The van der Waals surface area contributed by atoms with Crippen LogP contribution >= 0.6 is 11.6 Å². The maximum atomic E-state index is 11.4. The third-order valence-corrected chi connectivity index (χ3v) is 2.21. The third-order valence-electron chi connectivity index (χ3n) is 1.86. The van der Waals surface area contributed by atoms with Gasteiger partial charge in [-0.05, 0) is 24.6 Å². The number of nitrogens with one attached hydrogen (secondary N) is 1. The number of anilines is 2. The van der Waals surface area contributed by atoms with Crippen LogP contribution in [0.25, 0.3) is 0 Å². The number of hydrogen-bond acceptors (Lipinski definition) is 3. The Bertz CT molecular complexity index is 369. The molecule has 0 spiro atoms. The predicted octanol–water partition coefficient (Wildman–Crippen LogP) is 2.29. The number of nitrogen functional groups attached to an aromatic ring is 1. The minimum absolute atomic E-state index is 0.0520. The fourth-order valence-corrected chi connectivity index (χ4v) is 1.25. The Labute approximate surface area is 99.7 Å². The molecule has 1 aromatic carbocycles. The molecule has 0 saturated heterocycles. The number of benzene rings is 1. The quantitative estimate of drug-likeness (QED) is 0.615. The Morgan fingerprint density at radius 2 is 2.31 bits per heavy atom. The molecule has 3 N–H and O–H groups in total. The summed E-state index contributed by atoms with van der Waals surface area (Å²) in [5, 5.41) is 3.14. The summed E-state index contributed by atoms with van der Waals surface area (Å²) < 4.78 is 5.10. The van der Waals surface area contributed by atoms with E-state index in [1.807, 2.05) is 6.92 Å². The van der Waals surface area contributed by atoms with Gasteiger partial charge in [0.25, 0.3) is 0 Å². The van der Waals surface area contributed by atoms with Crippen molar-refractivity contribution in [1.82, 2.24) is 0 Å². The average Bonchev–Trinajstić information content (AvgIpc) is 2.24. The van der Waals surface area contributed by atoms with Crippen molar-refractivity contribution >= 4 is 28.9 Å². The Balaban J connectivity index is 2.46. The highest BCUT2D eigenvalue weighted by Gasteiger charge is 2.03. The SMILES string of the molecule is CCCOCC(=O)Nc1ccc(Cl)c(N)c1. The van der Waals surface area contributed by atoms with Gasteiger partial charge in [0, 0.05) is 12.3 Å². The molecule has 16 heavy (non-hydrogen) atoms. The maximum absolute atomic E-state index is 11.4. The van der Waals surface area contributed by atoms with Crippen LogP contribution in [0.1, 0.15) is 13.3 Å². The number of rotatable bonds is 5. The van der Waals surface area contributed by atoms with Gasteiger partial charge in [-0.15, -0.1) is 0 Å². The van der Waals surface area contributed by atoms with E-state index >= 15 is 0 Å². The van der Waals surface area contributed by atoms with Gasteiger partial charge in [-0.3, -0.25) is 4.79 Å².